The standard InChI is InChI=1S/C12H19N3O3S/c1-2-7-14-8-9-19(17,18)11-5-3-10(4-6-11)12(13)15-16/h3-6,14,16H,2,7-9H2,1H3,(H2,13,15). The maximum absolute atomic E-state index is 12.0. The summed E-state index contributed by atoms with van der Waals surface area (Å²) in [6.45, 7) is 3.25. The molecule has 0 radical (unpaired) electrons. The monoisotopic (exact) mass is 285 g/mol. The first-order valence-electron chi connectivity index (χ1n) is 6.02. The highest BCUT2D eigenvalue weighted by molar-refractivity contribution is 7.91. The van der Waals surface area contributed by atoms with Gasteiger partial charge in [0, 0.05) is 12.1 Å². The predicted octanol–water partition coefficient (Wildman–Crippen LogP) is 0.554. The van der Waals surface area contributed by atoms with Gasteiger partial charge in [0.15, 0.2) is 15.7 Å². The molecule has 0 saturated heterocycles. The third kappa shape index (κ3) is 4.53. The van der Waals surface area contributed by atoms with E-state index >= 15 is 0 Å². The fourth-order valence-electron chi connectivity index (χ4n) is 1.52. The maximum atomic E-state index is 12.0. The first kappa shape index (κ1) is 15.5. The zero-order chi connectivity index (χ0) is 14.3. The van der Waals surface area contributed by atoms with Crippen molar-refractivity contribution >= 4 is 15.7 Å². The van der Waals surface area contributed by atoms with E-state index < -0.39 is 9.84 Å². The molecule has 0 amide bonds. The second kappa shape index (κ2) is 7.10. The van der Waals surface area contributed by atoms with Crippen LogP contribution in [0.4, 0.5) is 0 Å². The fourth-order valence-corrected chi connectivity index (χ4v) is 2.72. The second-order valence-corrected chi connectivity index (χ2v) is 6.19. The molecule has 1 rings (SSSR count). The molecule has 1 aromatic rings. The summed E-state index contributed by atoms with van der Waals surface area (Å²) >= 11 is 0. The van der Waals surface area contributed by atoms with Gasteiger partial charge in [-0.2, -0.15) is 0 Å². The van der Waals surface area contributed by atoms with Crippen LogP contribution in [0.5, 0.6) is 0 Å². The molecule has 0 fully saturated rings. The molecule has 0 unspecified atom stereocenters. The van der Waals surface area contributed by atoms with Crippen molar-refractivity contribution in [2.75, 3.05) is 18.8 Å². The van der Waals surface area contributed by atoms with Crippen LogP contribution in [0.15, 0.2) is 34.3 Å². The molecule has 19 heavy (non-hydrogen) atoms. The van der Waals surface area contributed by atoms with Crippen LogP contribution in [0.1, 0.15) is 18.9 Å². The molecule has 0 aliphatic carbocycles. The summed E-state index contributed by atoms with van der Waals surface area (Å²) in [6.07, 6.45) is 0.967. The number of nitrogens with two attached hydrogens (primary N) is 1. The Morgan fingerprint density at radius 2 is 1.95 bits per heavy atom. The number of hydrogen-bond donors (Lipinski definition) is 3. The van der Waals surface area contributed by atoms with E-state index in [9.17, 15) is 8.42 Å². The number of hydrogen-bond acceptors (Lipinski definition) is 5. The maximum Gasteiger partial charge on any atom is 0.179 e. The highest BCUT2D eigenvalue weighted by Crippen LogP contribution is 2.12. The summed E-state index contributed by atoms with van der Waals surface area (Å²) in [5.41, 5.74) is 5.88. The molecule has 0 aromatic heterocycles. The summed E-state index contributed by atoms with van der Waals surface area (Å²) in [4.78, 5) is 0.236. The van der Waals surface area contributed by atoms with Crippen LogP contribution < -0.4 is 11.1 Å². The fraction of sp³-hybridized carbons (Fsp3) is 0.417. The smallest absolute Gasteiger partial charge is 0.179 e. The van der Waals surface area contributed by atoms with Crippen LogP contribution >= 0.6 is 0 Å². The van der Waals surface area contributed by atoms with E-state index in [2.05, 4.69) is 10.5 Å². The van der Waals surface area contributed by atoms with Crippen molar-refractivity contribution in [1.29, 1.82) is 0 Å². The molecule has 0 bridgehead atoms. The lowest BCUT2D eigenvalue weighted by molar-refractivity contribution is 0.318. The minimum atomic E-state index is -3.30. The number of benzene rings is 1. The molecule has 6 nitrogen and oxygen atoms in total. The number of oxime groups is 1. The summed E-state index contributed by atoms with van der Waals surface area (Å²) < 4.78 is 24.0. The van der Waals surface area contributed by atoms with Gasteiger partial charge < -0.3 is 16.3 Å². The van der Waals surface area contributed by atoms with E-state index in [4.69, 9.17) is 10.9 Å². The van der Waals surface area contributed by atoms with Crippen LogP contribution in [0.2, 0.25) is 0 Å². The third-order valence-corrected chi connectivity index (χ3v) is 4.32. The van der Waals surface area contributed by atoms with E-state index in [1.165, 1.54) is 24.3 Å². The molecule has 1 aromatic carbocycles. The quantitative estimate of drug-likeness (QED) is 0.223. The summed E-state index contributed by atoms with van der Waals surface area (Å²) in [5.74, 6) is 0.00388. The van der Waals surface area contributed by atoms with Crippen LogP contribution in [0.25, 0.3) is 0 Å². The number of amidine groups is 1. The van der Waals surface area contributed by atoms with Crippen molar-refractivity contribution in [3.05, 3.63) is 29.8 Å². The van der Waals surface area contributed by atoms with Gasteiger partial charge in [0.05, 0.1) is 10.6 Å². The van der Waals surface area contributed by atoms with E-state index in [1.54, 1.807) is 0 Å². The summed E-state index contributed by atoms with van der Waals surface area (Å²) in [7, 11) is -3.30. The van der Waals surface area contributed by atoms with E-state index in [-0.39, 0.29) is 16.5 Å². The van der Waals surface area contributed by atoms with E-state index in [0.29, 0.717) is 12.1 Å². The average molecular weight is 285 g/mol. The Labute approximate surface area is 113 Å². The largest absolute Gasteiger partial charge is 0.409 e. The lowest BCUT2D eigenvalue weighted by Crippen LogP contribution is -2.23. The predicted molar refractivity (Wildman–Crippen MR) is 74.2 cm³/mol. The van der Waals surface area contributed by atoms with Gasteiger partial charge in [-0.1, -0.05) is 12.1 Å². The van der Waals surface area contributed by atoms with E-state index in [0.717, 1.165) is 13.0 Å². The molecule has 0 spiro atoms. The van der Waals surface area contributed by atoms with Crippen molar-refractivity contribution in [2.24, 2.45) is 10.9 Å². The van der Waals surface area contributed by atoms with Gasteiger partial charge in [-0.05, 0) is 37.2 Å². The molecule has 0 saturated carbocycles. The minimum absolute atomic E-state index is 0.0476. The Morgan fingerprint density at radius 1 is 1.32 bits per heavy atom. The Bertz CT molecular complexity index is 524. The van der Waals surface area contributed by atoms with Crippen LogP contribution in [-0.4, -0.2) is 38.3 Å². The number of nitrogens with one attached hydrogen (secondary N) is 1. The zero-order valence-corrected chi connectivity index (χ0v) is 11.7. The van der Waals surface area contributed by atoms with Gasteiger partial charge >= 0.3 is 0 Å². The van der Waals surface area contributed by atoms with Gasteiger partial charge in [-0.15, -0.1) is 0 Å². The molecule has 0 atom stereocenters. The Morgan fingerprint density at radius 3 is 2.47 bits per heavy atom. The first-order chi connectivity index (χ1) is 9.01. The molecule has 106 valence electrons. The molecule has 4 N–H and O–H groups in total. The van der Waals surface area contributed by atoms with Gasteiger partial charge in [-0.3, -0.25) is 0 Å². The van der Waals surface area contributed by atoms with Gasteiger partial charge in [0.25, 0.3) is 0 Å². The Balaban J connectivity index is 2.74. The molecule has 0 aliphatic rings. The first-order valence-corrected chi connectivity index (χ1v) is 7.68. The summed E-state index contributed by atoms with van der Waals surface area (Å²) in [5, 5.41) is 14.4. The van der Waals surface area contributed by atoms with Crippen molar-refractivity contribution in [1.82, 2.24) is 5.32 Å². The normalized spacial score (nSPS) is 12.6. The topological polar surface area (TPSA) is 105 Å². The lowest BCUT2D eigenvalue weighted by Gasteiger charge is -2.06. The Hall–Kier alpha value is -1.60. The molecule has 0 heterocycles. The van der Waals surface area contributed by atoms with Crippen LogP contribution in [0, 0.1) is 0 Å². The van der Waals surface area contributed by atoms with E-state index in [1.807, 2.05) is 6.92 Å². The second-order valence-electron chi connectivity index (χ2n) is 4.08. The number of sulfone groups is 1. The highest BCUT2D eigenvalue weighted by atomic mass is 32.2. The third-order valence-electron chi connectivity index (χ3n) is 2.59. The molecule has 0 aliphatic heterocycles. The highest BCUT2D eigenvalue weighted by Gasteiger charge is 2.14. The zero-order valence-electron chi connectivity index (χ0n) is 10.8. The molecular weight excluding hydrogens is 266 g/mol. The van der Waals surface area contributed by atoms with Crippen molar-refractivity contribution in [3.63, 3.8) is 0 Å². The number of nitrogens with zero attached hydrogens (tertiary/aromatic N) is 1. The Kier molecular flexibility index (Phi) is 5.78. The number of rotatable bonds is 7. The van der Waals surface area contributed by atoms with Gasteiger partial charge in [0.2, 0.25) is 0 Å². The average Bonchev–Trinajstić information content (AvgIpc) is 2.43. The van der Waals surface area contributed by atoms with Crippen molar-refractivity contribution in [2.45, 2.75) is 18.2 Å². The van der Waals surface area contributed by atoms with Crippen LogP contribution in [0.3, 0.4) is 0 Å². The summed E-state index contributed by atoms with van der Waals surface area (Å²) in [6, 6.07) is 5.95. The van der Waals surface area contributed by atoms with Crippen molar-refractivity contribution < 1.29 is 13.6 Å². The molecular formula is C12H19N3O3S. The van der Waals surface area contributed by atoms with Crippen LogP contribution in [-0.2, 0) is 9.84 Å². The lowest BCUT2D eigenvalue weighted by atomic mass is 10.2. The SMILES string of the molecule is CCCNCCS(=O)(=O)c1ccc(/C(N)=N/O)cc1. The molecule has 7 heteroatoms. The van der Waals surface area contributed by atoms with Gasteiger partial charge in [-0.25, -0.2) is 8.42 Å². The minimum Gasteiger partial charge on any atom is -0.409 e. The van der Waals surface area contributed by atoms with Crippen molar-refractivity contribution in [3.8, 4) is 0 Å². The van der Waals surface area contributed by atoms with Gasteiger partial charge in [0.1, 0.15) is 0 Å².